The van der Waals surface area contributed by atoms with Gasteiger partial charge in [0.1, 0.15) is 5.54 Å². The van der Waals surface area contributed by atoms with Crippen LogP contribution in [0, 0.1) is 17.2 Å². The van der Waals surface area contributed by atoms with Crippen LogP contribution in [0.4, 0.5) is 0 Å². The zero-order valence-corrected chi connectivity index (χ0v) is 9.58. The summed E-state index contributed by atoms with van der Waals surface area (Å²) in [7, 11) is 0. The average molecular weight is 207 g/mol. The second-order valence-corrected chi connectivity index (χ2v) is 5.40. The Hall–Kier alpha value is -0.590. The molecule has 3 atom stereocenters. The van der Waals surface area contributed by atoms with Crippen LogP contribution < -0.4 is 5.73 Å². The fourth-order valence-electron chi connectivity index (χ4n) is 3.21. The molecule has 1 saturated carbocycles. The molecule has 0 aromatic rings. The van der Waals surface area contributed by atoms with Gasteiger partial charge in [-0.1, -0.05) is 6.42 Å². The minimum atomic E-state index is -0.676. The largest absolute Gasteiger partial charge is 0.313 e. The van der Waals surface area contributed by atoms with Crippen molar-refractivity contribution in [1.29, 1.82) is 5.26 Å². The van der Waals surface area contributed by atoms with E-state index in [0.29, 0.717) is 0 Å². The van der Waals surface area contributed by atoms with E-state index in [-0.39, 0.29) is 0 Å². The fourth-order valence-corrected chi connectivity index (χ4v) is 3.21. The maximum Gasteiger partial charge on any atom is 0.114 e. The van der Waals surface area contributed by atoms with E-state index in [1.165, 1.54) is 32.1 Å². The Morgan fingerprint density at radius 3 is 2.87 bits per heavy atom. The molecule has 1 saturated heterocycles. The molecule has 0 amide bonds. The molecule has 0 radical (unpaired) electrons. The third-order valence-electron chi connectivity index (χ3n) is 3.90. The van der Waals surface area contributed by atoms with Crippen LogP contribution in [0.5, 0.6) is 0 Å². The van der Waals surface area contributed by atoms with E-state index in [2.05, 4.69) is 11.0 Å². The third kappa shape index (κ3) is 2.32. The number of hydrogen-bond donors (Lipinski definition) is 1. The molecule has 15 heavy (non-hydrogen) atoms. The van der Waals surface area contributed by atoms with Crippen molar-refractivity contribution in [3.05, 3.63) is 0 Å². The van der Waals surface area contributed by atoms with Crippen molar-refractivity contribution in [2.75, 3.05) is 13.1 Å². The van der Waals surface area contributed by atoms with E-state index in [9.17, 15) is 0 Å². The number of likely N-dealkylation sites (tertiary alicyclic amines) is 1. The molecular formula is C12H21N3. The van der Waals surface area contributed by atoms with Gasteiger partial charge in [0.05, 0.1) is 6.07 Å². The number of piperidine rings is 1. The molecule has 2 rings (SSSR count). The summed E-state index contributed by atoms with van der Waals surface area (Å²) in [5.74, 6) is 0.883. The molecule has 3 heteroatoms. The van der Waals surface area contributed by atoms with E-state index in [1.807, 2.05) is 6.92 Å². The van der Waals surface area contributed by atoms with Crippen LogP contribution in [-0.2, 0) is 0 Å². The quantitative estimate of drug-likeness (QED) is 0.746. The molecule has 2 aliphatic rings. The van der Waals surface area contributed by atoms with E-state index < -0.39 is 5.54 Å². The second-order valence-electron chi connectivity index (χ2n) is 5.40. The zero-order valence-electron chi connectivity index (χ0n) is 9.58. The average Bonchev–Trinajstić information content (AvgIpc) is 2.66. The summed E-state index contributed by atoms with van der Waals surface area (Å²) in [5, 5.41) is 8.96. The standard InChI is InChI=1S/C12H21N3/c1-12(14,8-13)9-15-7-3-5-10-4-2-6-11(10)15/h10-11H,2-7,9,14H2,1H3. The minimum Gasteiger partial charge on any atom is -0.313 e. The Balaban J connectivity index is 2.00. The van der Waals surface area contributed by atoms with Crippen molar-refractivity contribution in [2.45, 2.75) is 50.6 Å². The molecule has 3 unspecified atom stereocenters. The van der Waals surface area contributed by atoms with E-state index >= 15 is 0 Å². The summed E-state index contributed by atoms with van der Waals surface area (Å²) in [6, 6.07) is 2.92. The van der Waals surface area contributed by atoms with Crippen molar-refractivity contribution in [3.8, 4) is 6.07 Å². The first-order valence-corrected chi connectivity index (χ1v) is 6.06. The van der Waals surface area contributed by atoms with Crippen molar-refractivity contribution in [3.63, 3.8) is 0 Å². The molecule has 3 nitrogen and oxygen atoms in total. The molecule has 1 aliphatic carbocycles. The van der Waals surface area contributed by atoms with Gasteiger partial charge < -0.3 is 5.73 Å². The summed E-state index contributed by atoms with van der Waals surface area (Å²) in [5.41, 5.74) is 5.25. The SMILES string of the molecule is CC(N)(C#N)CN1CCCC2CCCC21. The van der Waals surface area contributed by atoms with Gasteiger partial charge in [-0.05, 0) is 45.1 Å². The molecule has 1 aliphatic heterocycles. The summed E-state index contributed by atoms with van der Waals surface area (Å²) < 4.78 is 0. The lowest BCUT2D eigenvalue weighted by atomic mass is 9.90. The Morgan fingerprint density at radius 2 is 2.13 bits per heavy atom. The lowest BCUT2D eigenvalue weighted by Crippen LogP contribution is -2.52. The van der Waals surface area contributed by atoms with Gasteiger partial charge in [0.15, 0.2) is 0 Å². The normalized spacial score (nSPS) is 35.5. The monoisotopic (exact) mass is 207 g/mol. The highest BCUT2D eigenvalue weighted by Gasteiger charge is 2.37. The number of rotatable bonds is 2. The van der Waals surface area contributed by atoms with Crippen LogP contribution in [0.3, 0.4) is 0 Å². The summed E-state index contributed by atoms with van der Waals surface area (Å²) >= 11 is 0. The summed E-state index contributed by atoms with van der Waals surface area (Å²) in [6.45, 7) is 3.71. The predicted molar refractivity (Wildman–Crippen MR) is 60.1 cm³/mol. The Morgan fingerprint density at radius 1 is 1.40 bits per heavy atom. The molecule has 0 aromatic heterocycles. The van der Waals surface area contributed by atoms with Gasteiger partial charge >= 0.3 is 0 Å². The number of hydrogen-bond acceptors (Lipinski definition) is 3. The molecule has 1 heterocycles. The second kappa shape index (κ2) is 4.11. The van der Waals surface area contributed by atoms with Crippen molar-refractivity contribution < 1.29 is 0 Å². The number of nitrogens with zero attached hydrogens (tertiary/aromatic N) is 2. The Labute approximate surface area is 92.2 Å². The highest BCUT2D eigenvalue weighted by molar-refractivity contribution is 5.05. The number of nitrogens with two attached hydrogens (primary N) is 1. The first-order chi connectivity index (χ1) is 7.12. The highest BCUT2D eigenvalue weighted by atomic mass is 15.2. The van der Waals surface area contributed by atoms with E-state index in [1.54, 1.807) is 0 Å². The van der Waals surface area contributed by atoms with Gasteiger partial charge in [-0.3, -0.25) is 4.90 Å². The molecular weight excluding hydrogens is 186 g/mol. The first-order valence-electron chi connectivity index (χ1n) is 6.06. The first kappa shape index (κ1) is 10.9. The van der Waals surface area contributed by atoms with Crippen LogP contribution >= 0.6 is 0 Å². The third-order valence-corrected chi connectivity index (χ3v) is 3.90. The Bertz CT molecular complexity index is 267. The molecule has 2 N–H and O–H groups in total. The van der Waals surface area contributed by atoms with Crippen molar-refractivity contribution in [2.24, 2.45) is 11.7 Å². The van der Waals surface area contributed by atoms with Gasteiger partial charge in [0, 0.05) is 12.6 Å². The van der Waals surface area contributed by atoms with Gasteiger partial charge in [-0.25, -0.2) is 0 Å². The van der Waals surface area contributed by atoms with Crippen LogP contribution in [0.25, 0.3) is 0 Å². The van der Waals surface area contributed by atoms with Crippen LogP contribution in [0.15, 0.2) is 0 Å². The van der Waals surface area contributed by atoms with E-state index in [0.717, 1.165) is 25.0 Å². The summed E-state index contributed by atoms with van der Waals surface area (Å²) in [4.78, 5) is 2.46. The van der Waals surface area contributed by atoms with Gasteiger partial charge in [-0.15, -0.1) is 0 Å². The van der Waals surface area contributed by atoms with Gasteiger partial charge in [0.2, 0.25) is 0 Å². The Kier molecular flexibility index (Phi) is 2.99. The summed E-state index contributed by atoms with van der Waals surface area (Å²) in [6.07, 6.45) is 6.72. The van der Waals surface area contributed by atoms with E-state index in [4.69, 9.17) is 11.0 Å². The van der Waals surface area contributed by atoms with Gasteiger partial charge in [0.25, 0.3) is 0 Å². The van der Waals surface area contributed by atoms with Crippen LogP contribution in [0.1, 0.15) is 39.0 Å². The number of fused-ring (bicyclic) bond motifs is 1. The molecule has 0 bridgehead atoms. The van der Waals surface area contributed by atoms with Crippen molar-refractivity contribution in [1.82, 2.24) is 4.90 Å². The molecule has 0 spiro atoms. The topological polar surface area (TPSA) is 53.1 Å². The molecule has 2 fully saturated rings. The minimum absolute atomic E-state index is 0.676. The molecule has 84 valence electrons. The smallest absolute Gasteiger partial charge is 0.114 e. The predicted octanol–water partition coefficient (Wildman–Crippen LogP) is 1.49. The van der Waals surface area contributed by atoms with Crippen molar-refractivity contribution >= 4 is 0 Å². The lowest BCUT2D eigenvalue weighted by molar-refractivity contribution is 0.0992. The maximum absolute atomic E-state index is 8.96. The zero-order chi connectivity index (χ0) is 10.9. The fraction of sp³-hybridized carbons (Fsp3) is 0.917. The number of nitriles is 1. The lowest BCUT2D eigenvalue weighted by Gasteiger charge is -2.40. The van der Waals surface area contributed by atoms with Gasteiger partial charge in [-0.2, -0.15) is 5.26 Å². The highest BCUT2D eigenvalue weighted by Crippen LogP contribution is 2.36. The maximum atomic E-state index is 8.96. The molecule has 0 aromatic carbocycles. The van der Waals surface area contributed by atoms with Crippen LogP contribution in [-0.4, -0.2) is 29.6 Å². The van der Waals surface area contributed by atoms with Crippen LogP contribution in [0.2, 0.25) is 0 Å².